The lowest BCUT2D eigenvalue weighted by atomic mass is 9.93. The zero-order valence-electron chi connectivity index (χ0n) is 18.7. The summed E-state index contributed by atoms with van der Waals surface area (Å²) in [5, 5.41) is 28.9. The second kappa shape index (κ2) is 9.79. The molecule has 1 aromatic carbocycles. The van der Waals surface area contributed by atoms with Gasteiger partial charge in [-0.2, -0.15) is 10.4 Å². The van der Waals surface area contributed by atoms with Gasteiger partial charge in [0.1, 0.15) is 6.04 Å². The van der Waals surface area contributed by atoms with Gasteiger partial charge in [-0.25, -0.2) is 9.97 Å². The van der Waals surface area contributed by atoms with Crippen molar-refractivity contribution in [1.82, 2.24) is 25.1 Å². The number of carbonyl (C=O) groups excluding carboxylic acids is 1. The number of nitrogens with zero attached hydrogens (tertiary/aromatic N) is 5. The molecule has 0 spiro atoms. The van der Waals surface area contributed by atoms with Gasteiger partial charge in [0.15, 0.2) is 0 Å². The molecule has 2 heterocycles. The molecule has 2 aromatic heterocycles. The lowest BCUT2D eigenvalue weighted by Crippen LogP contribution is -2.31. The van der Waals surface area contributed by atoms with Crippen molar-refractivity contribution in [2.45, 2.75) is 57.7 Å². The smallest absolute Gasteiger partial charge is 0.252 e. The van der Waals surface area contributed by atoms with E-state index in [-0.39, 0.29) is 12.0 Å². The molecule has 1 fully saturated rings. The van der Waals surface area contributed by atoms with Crippen LogP contribution < -0.4 is 10.6 Å². The molecule has 1 unspecified atom stereocenters. The van der Waals surface area contributed by atoms with E-state index >= 15 is 0 Å². The van der Waals surface area contributed by atoms with Crippen LogP contribution in [0.1, 0.15) is 54.6 Å². The molecule has 0 radical (unpaired) electrons. The fraction of sp³-hybridized carbons (Fsp3) is 0.375. The first kappa shape index (κ1) is 22.4. The van der Waals surface area contributed by atoms with Crippen LogP contribution in [0.2, 0.25) is 0 Å². The highest BCUT2D eigenvalue weighted by Gasteiger charge is 2.21. The van der Waals surface area contributed by atoms with Crippen molar-refractivity contribution >= 4 is 17.5 Å². The number of amides is 1. The van der Waals surface area contributed by atoms with Crippen molar-refractivity contribution < 1.29 is 9.90 Å². The third kappa shape index (κ3) is 5.35. The minimum absolute atomic E-state index is 0.196. The van der Waals surface area contributed by atoms with Gasteiger partial charge < -0.3 is 15.7 Å². The van der Waals surface area contributed by atoms with Gasteiger partial charge in [-0.15, -0.1) is 0 Å². The third-order valence-corrected chi connectivity index (χ3v) is 5.83. The average Bonchev–Trinajstić information content (AvgIpc) is 3.29. The largest absolute Gasteiger partial charge is 0.393 e. The summed E-state index contributed by atoms with van der Waals surface area (Å²) in [7, 11) is 0. The van der Waals surface area contributed by atoms with Crippen molar-refractivity contribution in [3.63, 3.8) is 0 Å². The molecule has 9 heteroatoms. The maximum Gasteiger partial charge on any atom is 0.252 e. The second-order valence-electron chi connectivity index (χ2n) is 8.42. The Morgan fingerprint density at radius 3 is 2.64 bits per heavy atom. The standard InChI is InChI=1S/C24H27N7O2/c1-15-12-26-24(29-19-13-27-31(14-19)20-7-9-21(32)10-8-20)30-22(15)17-3-5-18(6-4-17)23(33)28-16(2)11-25/h3-6,12-14,16,20-21,32H,7-10H2,1-2H3,(H,28,33)(H,26,29,30). The summed E-state index contributed by atoms with van der Waals surface area (Å²) in [4.78, 5) is 21.3. The predicted octanol–water partition coefficient (Wildman–Crippen LogP) is 3.51. The summed E-state index contributed by atoms with van der Waals surface area (Å²) in [5.74, 6) is 0.167. The van der Waals surface area contributed by atoms with Gasteiger partial charge in [-0.1, -0.05) is 12.1 Å². The van der Waals surface area contributed by atoms with E-state index < -0.39 is 6.04 Å². The van der Waals surface area contributed by atoms with Crippen molar-refractivity contribution in [2.24, 2.45) is 0 Å². The number of nitriles is 1. The van der Waals surface area contributed by atoms with E-state index in [1.165, 1.54) is 0 Å². The predicted molar refractivity (Wildman–Crippen MR) is 124 cm³/mol. The molecular formula is C24H27N7O2. The van der Waals surface area contributed by atoms with Crippen LogP contribution in [0.5, 0.6) is 0 Å². The maximum absolute atomic E-state index is 12.2. The molecular weight excluding hydrogens is 418 g/mol. The first-order valence-electron chi connectivity index (χ1n) is 11.1. The van der Waals surface area contributed by atoms with Gasteiger partial charge in [0, 0.05) is 23.5 Å². The molecule has 33 heavy (non-hydrogen) atoms. The zero-order valence-corrected chi connectivity index (χ0v) is 18.7. The molecule has 3 aromatic rings. The van der Waals surface area contributed by atoms with Gasteiger partial charge in [0.05, 0.1) is 35.8 Å². The topological polar surface area (TPSA) is 129 Å². The molecule has 1 saturated carbocycles. The number of hydrogen-bond acceptors (Lipinski definition) is 7. The summed E-state index contributed by atoms with van der Waals surface area (Å²) >= 11 is 0. The van der Waals surface area contributed by atoms with Crippen molar-refractivity contribution in [2.75, 3.05) is 5.32 Å². The van der Waals surface area contributed by atoms with E-state index in [4.69, 9.17) is 5.26 Å². The second-order valence-corrected chi connectivity index (χ2v) is 8.42. The quantitative estimate of drug-likeness (QED) is 0.529. The zero-order chi connectivity index (χ0) is 23.4. The van der Waals surface area contributed by atoms with E-state index in [9.17, 15) is 9.90 Å². The lowest BCUT2D eigenvalue weighted by molar-refractivity contribution is 0.0947. The van der Waals surface area contributed by atoms with Crippen LogP contribution >= 0.6 is 0 Å². The monoisotopic (exact) mass is 445 g/mol. The van der Waals surface area contributed by atoms with Gasteiger partial charge in [-0.3, -0.25) is 9.48 Å². The SMILES string of the molecule is Cc1cnc(Nc2cnn(C3CCC(O)CC3)c2)nc1-c1ccc(C(=O)NC(C)C#N)cc1. The summed E-state index contributed by atoms with van der Waals surface area (Å²) in [6, 6.07) is 8.83. The van der Waals surface area contributed by atoms with Gasteiger partial charge in [-0.05, 0) is 57.2 Å². The van der Waals surface area contributed by atoms with Crippen LogP contribution in [0, 0.1) is 18.3 Å². The Balaban J connectivity index is 1.47. The number of anilines is 2. The average molecular weight is 446 g/mol. The summed E-state index contributed by atoms with van der Waals surface area (Å²) < 4.78 is 1.94. The summed E-state index contributed by atoms with van der Waals surface area (Å²) in [6.07, 6.45) is 8.69. The Labute approximate surface area is 192 Å². The van der Waals surface area contributed by atoms with Crippen LogP contribution in [0.25, 0.3) is 11.3 Å². The fourth-order valence-corrected chi connectivity index (χ4v) is 3.94. The van der Waals surface area contributed by atoms with Crippen LogP contribution in [0.4, 0.5) is 11.6 Å². The Morgan fingerprint density at radius 1 is 1.21 bits per heavy atom. The Bertz CT molecular complexity index is 1160. The van der Waals surface area contributed by atoms with Crippen molar-refractivity contribution in [1.29, 1.82) is 5.26 Å². The number of aryl methyl sites for hydroxylation is 1. The molecule has 9 nitrogen and oxygen atoms in total. The van der Waals surface area contributed by atoms with Crippen molar-refractivity contribution in [3.8, 4) is 17.3 Å². The third-order valence-electron chi connectivity index (χ3n) is 5.83. The number of benzene rings is 1. The minimum Gasteiger partial charge on any atom is -0.393 e. The molecule has 3 N–H and O–H groups in total. The molecule has 4 rings (SSSR count). The number of aliphatic hydroxyl groups is 1. The first-order valence-corrected chi connectivity index (χ1v) is 11.1. The van der Waals surface area contributed by atoms with Gasteiger partial charge >= 0.3 is 0 Å². The first-order chi connectivity index (χ1) is 15.9. The maximum atomic E-state index is 12.2. The molecule has 1 aliphatic rings. The van der Waals surface area contributed by atoms with E-state index in [2.05, 4.69) is 25.7 Å². The number of hydrogen-bond donors (Lipinski definition) is 3. The van der Waals surface area contributed by atoms with Crippen LogP contribution in [-0.2, 0) is 0 Å². The van der Waals surface area contributed by atoms with Gasteiger partial charge in [0.2, 0.25) is 5.95 Å². The number of rotatable bonds is 6. The number of aliphatic hydroxyl groups excluding tert-OH is 1. The fourth-order valence-electron chi connectivity index (χ4n) is 3.94. The molecule has 0 aliphatic heterocycles. The molecule has 1 aliphatic carbocycles. The number of nitrogens with one attached hydrogen (secondary N) is 2. The Kier molecular flexibility index (Phi) is 6.66. The molecule has 170 valence electrons. The van der Waals surface area contributed by atoms with Crippen LogP contribution in [0.3, 0.4) is 0 Å². The van der Waals surface area contributed by atoms with E-state index in [0.29, 0.717) is 17.6 Å². The normalized spacial score (nSPS) is 18.8. The van der Waals surface area contributed by atoms with E-state index in [1.54, 1.807) is 31.5 Å². The Hall–Kier alpha value is -3.77. The van der Waals surface area contributed by atoms with Crippen LogP contribution in [0.15, 0.2) is 42.9 Å². The molecule has 0 bridgehead atoms. The highest BCUT2D eigenvalue weighted by molar-refractivity contribution is 5.95. The summed E-state index contributed by atoms with van der Waals surface area (Å²) in [6.45, 7) is 3.57. The lowest BCUT2D eigenvalue weighted by Gasteiger charge is -2.25. The number of carbonyl (C=O) groups is 1. The minimum atomic E-state index is -0.552. The van der Waals surface area contributed by atoms with Gasteiger partial charge in [0.25, 0.3) is 5.91 Å². The van der Waals surface area contributed by atoms with E-state index in [1.807, 2.05) is 36.0 Å². The highest BCUT2D eigenvalue weighted by atomic mass is 16.3. The summed E-state index contributed by atoms with van der Waals surface area (Å²) in [5.41, 5.74) is 3.81. The van der Waals surface area contributed by atoms with Crippen molar-refractivity contribution in [3.05, 3.63) is 54.0 Å². The highest BCUT2D eigenvalue weighted by Crippen LogP contribution is 2.29. The molecule has 1 atom stereocenters. The Morgan fingerprint density at radius 2 is 1.94 bits per heavy atom. The molecule has 1 amide bonds. The number of aromatic nitrogens is 4. The van der Waals surface area contributed by atoms with Crippen LogP contribution in [-0.4, -0.2) is 42.9 Å². The van der Waals surface area contributed by atoms with E-state index in [0.717, 1.165) is 48.2 Å². The molecule has 0 saturated heterocycles.